The highest BCUT2D eigenvalue weighted by molar-refractivity contribution is 9.10. The molecule has 0 saturated heterocycles. The molecule has 1 aromatic heterocycles. The number of thiazole rings is 1. The van der Waals surface area contributed by atoms with E-state index in [1.807, 2.05) is 36.4 Å². The van der Waals surface area contributed by atoms with E-state index in [0.717, 1.165) is 25.8 Å². The van der Waals surface area contributed by atoms with Crippen molar-refractivity contribution in [3.8, 4) is 0 Å². The highest BCUT2D eigenvalue weighted by Crippen LogP contribution is 2.26. The van der Waals surface area contributed by atoms with Gasteiger partial charge in [-0.2, -0.15) is 0 Å². The lowest BCUT2D eigenvalue weighted by molar-refractivity contribution is -0.120. The Balaban J connectivity index is 1.70. The van der Waals surface area contributed by atoms with E-state index in [-0.39, 0.29) is 5.91 Å². The summed E-state index contributed by atoms with van der Waals surface area (Å²) < 4.78 is 1.93. The van der Waals surface area contributed by atoms with Crippen molar-refractivity contribution in [2.24, 2.45) is 5.73 Å². The Kier molecular flexibility index (Phi) is 5.92. The number of nitrogens with two attached hydrogens (primary N) is 1. The molecule has 1 amide bonds. The number of amides is 1. The predicted molar refractivity (Wildman–Crippen MR) is 113 cm³/mol. The second-order valence-electron chi connectivity index (χ2n) is 6.10. The lowest BCUT2D eigenvalue weighted by Gasteiger charge is -2.23. The van der Waals surface area contributed by atoms with Crippen LogP contribution >= 0.6 is 43.2 Å². The number of halogens is 2. The molecule has 3 N–H and O–H groups in total. The van der Waals surface area contributed by atoms with Crippen LogP contribution in [0.4, 0.5) is 5.13 Å². The van der Waals surface area contributed by atoms with Gasteiger partial charge in [0.15, 0.2) is 5.13 Å². The maximum Gasteiger partial charge on any atom is 0.250 e. The maximum atomic E-state index is 12.7. The monoisotopic (exact) mass is 493 g/mol. The van der Waals surface area contributed by atoms with Gasteiger partial charge < -0.3 is 11.1 Å². The van der Waals surface area contributed by atoms with Crippen LogP contribution in [0.15, 0.2) is 63.7 Å². The first-order chi connectivity index (χ1) is 12.3. The number of aromatic nitrogens is 1. The zero-order valence-corrected chi connectivity index (χ0v) is 18.0. The van der Waals surface area contributed by atoms with Crippen LogP contribution in [0.1, 0.15) is 22.9 Å². The van der Waals surface area contributed by atoms with Crippen LogP contribution in [0.25, 0.3) is 0 Å². The Morgan fingerprint density at radius 2 is 1.92 bits per heavy atom. The molecule has 0 fully saturated rings. The normalized spacial score (nSPS) is 13.2. The van der Waals surface area contributed by atoms with Gasteiger partial charge in [0.05, 0.1) is 0 Å². The molecule has 0 saturated carbocycles. The minimum absolute atomic E-state index is 0.292. The summed E-state index contributed by atoms with van der Waals surface area (Å²) in [6, 6.07) is 15.6. The van der Waals surface area contributed by atoms with Crippen molar-refractivity contribution in [3.05, 3.63) is 79.7 Å². The largest absolute Gasteiger partial charge is 0.314 e. The lowest BCUT2D eigenvalue weighted by atomic mass is 9.92. The summed E-state index contributed by atoms with van der Waals surface area (Å²) in [5.41, 5.74) is 7.05. The fourth-order valence-corrected chi connectivity index (χ4v) is 3.93. The first kappa shape index (κ1) is 19.2. The van der Waals surface area contributed by atoms with Gasteiger partial charge >= 0.3 is 0 Å². The van der Waals surface area contributed by atoms with E-state index in [9.17, 15) is 4.79 Å². The number of rotatable bonds is 5. The van der Waals surface area contributed by atoms with Crippen molar-refractivity contribution < 1.29 is 4.79 Å². The van der Waals surface area contributed by atoms with Crippen molar-refractivity contribution in [2.75, 3.05) is 5.32 Å². The molecule has 2 aromatic carbocycles. The lowest BCUT2D eigenvalue weighted by Crippen LogP contribution is -2.45. The molecule has 7 heteroatoms. The molecule has 3 aromatic rings. The number of benzene rings is 2. The van der Waals surface area contributed by atoms with Crippen LogP contribution in [0.5, 0.6) is 0 Å². The molecule has 3 rings (SSSR count). The molecule has 0 radical (unpaired) electrons. The van der Waals surface area contributed by atoms with Crippen LogP contribution in [0.2, 0.25) is 0 Å². The molecule has 0 aliphatic carbocycles. The molecular weight excluding hydrogens is 478 g/mol. The van der Waals surface area contributed by atoms with Gasteiger partial charge in [0.2, 0.25) is 0 Å². The quantitative estimate of drug-likeness (QED) is 0.520. The second-order valence-corrected chi connectivity index (χ2v) is 9.05. The molecule has 0 aliphatic rings. The van der Waals surface area contributed by atoms with Crippen LogP contribution in [0.3, 0.4) is 0 Å². The van der Waals surface area contributed by atoms with E-state index in [2.05, 4.69) is 54.3 Å². The first-order valence-electron chi connectivity index (χ1n) is 7.90. The van der Waals surface area contributed by atoms with E-state index in [0.29, 0.717) is 5.13 Å². The third-order valence-corrected chi connectivity index (χ3v) is 5.90. The van der Waals surface area contributed by atoms with Gasteiger partial charge in [-0.3, -0.25) is 4.79 Å². The fraction of sp³-hybridized carbons (Fsp3) is 0.158. The SMILES string of the molecule is CC(N)(C(=O)Nc1ncc(Cc2ccc(Br)cc2)s1)c1cccc(Br)c1. The van der Waals surface area contributed by atoms with Crippen molar-refractivity contribution in [1.29, 1.82) is 0 Å². The molecular formula is C19H17Br2N3OS. The number of hydrogen-bond donors (Lipinski definition) is 2. The Bertz CT molecular complexity index is 923. The summed E-state index contributed by atoms with van der Waals surface area (Å²) in [5, 5.41) is 3.39. The Morgan fingerprint density at radius 1 is 1.19 bits per heavy atom. The summed E-state index contributed by atoms with van der Waals surface area (Å²) in [7, 11) is 0. The van der Waals surface area contributed by atoms with E-state index in [4.69, 9.17) is 5.73 Å². The molecule has 1 unspecified atom stereocenters. The smallest absolute Gasteiger partial charge is 0.250 e. The van der Waals surface area contributed by atoms with Gasteiger partial charge in [-0.15, -0.1) is 11.3 Å². The molecule has 4 nitrogen and oxygen atoms in total. The Morgan fingerprint density at radius 3 is 2.62 bits per heavy atom. The third-order valence-electron chi connectivity index (χ3n) is 3.96. The summed E-state index contributed by atoms with van der Waals surface area (Å²) in [5.74, 6) is -0.292. The van der Waals surface area contributed by atoms with Gasteiger partial charge in [-0.25, -0.2) is 4.98 Å². The zero-order chi connectivity index (χ0) is 18.7. The van der Waals surface area contributed by atoms with E-state index in [1.165, 1.54) is 16.9 Å². The first-order valence-corrected chi connectivity index (χ1v) is 10.3. The average molecular weight is 495 g/mol. The van der Waals surface area contributed by atoms with Gasteiger partial charge in [0.1, 0.15) is 5.54 Å². The Hall–Kier alpha value is -1.54. The highest BCUT2D eigenvalue weighted by atomic mass is 79.9. The number of carbonyl (C=O) groups is 1. The predicted octanol–water partition coefficient (Wildman–Crippen LogP) is 5.07. The average Bonchev–Trinajstić information content (AvgIpc) is 3.04. The van der Waals surface area contributed by atoms with Crippen LogP contribution in [0, 0.1) is 0 Å². The third kappa shape index (κ3) is 4.59. The zero-order valence-electron chi connectivity index (χ0n) is 14.0. The van der Waals surface area contributed by atoms with E-state index in [1.54, 1.807) is 13.1 Å². The van der Waals surface area contributed by atoms with Crippen LogP contribution in [-0.2, 0) is 16.8 Å². The maximum absolute atomic E-state index is 12.7. The molecule has 26 heavy (non-hydrogen) atoms. The van der Waals surface area contributed by atoms with E-state index >= 15 is 0 Å². The molecule has 134 valence electrons. The topological polar surface area (TPSA) is 68.0 Å². The van der Waals surface area contributed by atoms with Crippen molar-refractivity contribution in [1.82, 2.24) is 4.98 Å². The summed E-state index contributed by atoms with van der Waals surface area (Å²) in [4.78, 5) is 18.0. The number of hydrogen-bond acceptors (Lipinski definition) is 4. The molecule has 1 heterocycles. The second kappa shape index (κ2) is 8.00. The van der Waals surface area contributed by atoms with Crippen molar-refractivity contribution in [2.45, 2.75) is 18.9 Å². The Labute approximate surface area is 173 Å². The number of anilines is 1. The minimum atomic E-state index is -1.15. The number of nitrogens with zero attached hydrogens (tertiary/aromatic N) is 1. The van der Waals surface area contributed by atoms with Crippen molar-refractivity contribution >= 4 is 54.2 Å². The van der Waals surface area contributed by atoms with Gasteiger partial charge in [0, 0.05) is 26.4 Å². The van der Waals surface area contributed by atoms with Gasteiger partial charge in [0.25, 0.3) is 5.91 Å². The van der Waals surface area contributed by atoms with E-state index < -0.39 is 5.54 Å². The van der Waals surface area contributed by atoms with Crippen molar-refractivity contribution in [3.63, 3.8) is 0 Å². The fourth-order valence-electron chi connectivity index (χ4n) is 2.42. The van der Waals surface area contributed by atoms with Crippen LogP contribution < -0.4 is 11.1 Å². The van der Waals surface area contributed by atoms with Gasteiger partial charge in [-0.05, 0) is 42.3 Å². The van der Waals surface area contributed by atoms with Gasteiger partial charge in [-0.1, -0.05) is 56.1 Å². The molecule has 0 spiro atoms. The molecule has 0 aliphatic heterocycles. The molecule has 0 bridgehead atoms. The summed E-state index contributed by atoms with van der Waals surface area (Å²) in [6.07, 6.45) is 2.56. The minimum Gasteiger partial charge on any atom is -0.314 e. The number of nitrogens with one attached hydrogen (secondary N) is 1. The summed E-state index contributed by atoms with van der Waals surface area (Å²) in [6.45, 7) is 1.69. The summed E-state index contributed by atoms with van der Waals surface area (Å²) >= 11 is 8.30. The number of carbonyl (C=O) groups excluding carboxylic acids is 1. The van der Waals surface area contributed by atoms with Crippen LogP contribution in [-0.4, -0.2) is 10.9 Å². The highest BCUT2D eigenvalue weighted by Gasteiger charge is 2.31. The standard InChI is InChI=1S/C19H17Br2N3OS/c1-19(22,13-3-2-4-15(21)10-13)17(25)24-18-23-11-16(26-18)9-12-5-7-14(20)8-6-12/h2-8,10-11H,9,22H2,1H3,(H,23,24,25). The molecule has 1 atom stereocenters.